The van der Waals surface area contributed by atoms with Crippen molar-refractivity contribution in [1.82, 2.24) is 4.72 Å². The Morgan fingerprint density at radius 2 is 2.19 bits per heavy atom. The number of nitrogens with one attached hydrogen (secondary N) is 1. The summed E-state index contributed by atoms with van der Waals surface area (Å²) in [5.74, 6) is -0.582. The molecular formula is C9H10BrFN2O2S. The summed E-state index contributed by atoms with van der Waals surface area (Å²) in [6, 6.07) is 3.11. The summed E-state index contributed by atoms with van der Waals surface area (Å²) in [5.41, 5.74) is 5.29. The zero-order valence-corrected chi connectivity index (χ0v) is 10.6. The van der Waals surface area contributed by atoms with Gasteiger partial charge in [-0.25, -0.2) is 17.5 Å². The van der Waals surface area contributed by atoms with Gasteiger partial charge in [0, 0.05) is 11.0 Å². The van der Waals surface area contributed by atoms with Crippen molar-refractivity contribution in [2.75, 3.05) is 12.3 Å². The molecule has 16 heavy (non-hydrogen) atoms. The number of hydrogen-bond donors (Lipinski definition) is 2. The molecule has 0 atom stereocenters. The van der Waals surface area contributed by atoms with Crippen molar-refractivity contribution in [3.63, 3.8) is 0 Å². The van der Waals surface area contributed by atoms with E-state index in [1.165, 1.54) is 0 Å². The van der Waals surface area contributed by atoms with E-state index < -0.39 is 15.8 Å². The van der Waals surface area contributed by atoms with E-state index in [-0.39, 0.29) is 17.1 Å². The fourth-order valence-corrected chi connectivity index (χ4v) is 2.48. The third-order valence-corrected chi connectivity index (χ3v) is 3.47. The molecular weight excluding hydrogens is 299 g/mol. The third kappa shape index (κ3) is 3.29. The van der Waals surface area contributed by atoms with Crippen LogP contribution in [-0.4, -0.2) is 15.0 Å². The van der Waals surface area contributed by atoms with Crippen LogP contribution in [0.15, 0.2) is 34.2 Å². The molecule has 0 aliphatic carbocycles. The minimum absolute atomic E-state index is 0.0408. The minimum atomic E-state index is -3.74. The molecule has 0 fully saturated rings. The third-order valence-electron chi connectivity index (χ3n) is 1.72. The molecule has 0 radical (unpaired) electrons. The Labute approximate surface area is 102 Å². The average Bonchev–Trinajstić information content (AvgIpc) is 2.14. The monoisotopic (exact) mass is 308 g/mol. The Morgan fingerprint density at radius 1 is 1.56 bits per heavy atom. The molecule has 3 N–H and O–H groups in total. The molecule has 4 nitrogen and oxygen atoms in total. The van der Waals surface area contributed by atoms with E-state index in [4.69, 9.17) is 5.73 Å². The number of nitrogens with two attached hydrogens (primary N) is 1. The van der Waals surface area contributed by atoms with E-state index >= 15 is 0 Å². The van der Waals surface area contributed by atoms with Crippen molar-refractivity contribution in [1.29, 1.82) is 0 Å². The standard InChI is InChI=1S/C9H10BrFN2O2S/c1-6(10)5-13-16(14,15)9-3-2-7(11)4-8(9)12/h2-4,13H,1,5,12H2. The first-order chi connectivity index (χ1) is 7.33. The predicted molar refractivity (Wildman–Crippen MR) is 64.1 cm³/mol. The van der Waals surface area contributed by atoms with Gasteiger partial charge in [0.1, 0.15) is 10.7 Å². The van der Waals surface area contributed by atoms with E-state index in [2.05, 4.69) is 27.2 Å². The molecule has 0 bridgehead atoms. The molecule has 1 aromatic carbocycles. The quantitative estimate of drug-likeness (QED) is 0.830. The molecule has 1 rings (SSSR count). The molecule has 0 aliphatic heterocycles. The van der Waals surface area contributed by atoms with Crippen molar-refractivity contribution >= 4 is 31.6 Å². The van der Waals surface area contributed by atoms with Crippen LogP contribution in [0.25, 0.3) is 0 Å². The Balaban J connectivity index is 3.03. The van der Waals surface area contributed by atoms with Gasteiger partial charge in [-0.2, -0.15) is 0 Å². The molecule has 0 unspecified atom stereocenters. The van der Waals surface area contributed by atoms with Crippen LogP contribution in [0.5, 0.6) is 0 Å². The molecule has 0 heterocycles. The second-order valence-corrected chi connectivity index (χ2v) is 5.88. The Bertz CT molecular complexity index is 516. The van der Waals surface area contributed by atoms with Gasteiger partial charge in [0.2, 0.25) is 10.0 Å². The number of benzene rings is 1. The smallest absolute Gasteiger partial charge is 0.242 e. The van der Waals surface area contributed by atoms with Gasteiger partial charge >= 0.3 is 0 Å². The van der Waals surface area contributed by atoms with Crippen LogP contribution >= 0.6 is 15.9 Å². The van der Waals surface area contributed by atoms with Gasteiger partial charge in [0.25, 0.3) is 0 Å². The summed E-state index contributed by atoms with van der Waals surface area (Å²) in [5, 5.41) is 0. The molecule has 0 spiro atoms. The number of halogens is 2. The van der Waals surface area contributed by atoms with Gasteiger partial charge in [0.05, 0.1) is 5.69 Å². The number of anilines is 1. The van der Waals surface area contributed by atoms with Crippen LogP contribution in [0.2, 0.25) is 0 Å². The Morgan fingerprint density at radius 3 is 2.69 bits per heavy atom. The van der Waals surface area contributed by atoms with Crippen LogP contribution in [0.4, 0.5) is 10.1 Å². The lowest BCUT2D eigenvalue weighted by Crippen LogP contribution is -2.25. The largest absolute Gasteiger partial charge is 0.398 e. The van der Waals surface area contributed by atoms with Crippen molar-refractivity contribution in [3.05, 3.63) is 35.1 Å². The van der Waals surface area contributed by atoms with Crippen LogP contribution in [-0.2, 0) is 10.0 Å². The fraction of sp³-hybridized carbons (Fsp3) is 0.111. The normalized spacial score (nSPS) is 11.4. The van der Waals surface area contributed by atoms with Gasteiger partial charge in [0.15, 0.2) is 0 Å². The lowest BCUT2D eigenvalue weighted by Gasteiger charge is -2.08. The number of hydrogen-bond acceptors (Lipinski definition) is 3. The topological polar surface area (TPSA) is 72.2 Å². The summed E-state index contributed by atoms with van der Waals surface area (Å²) in [7, 11) is -3.74. The van der Waals surface area contributed by atoms with E-state index in [1.54, 1.807) is 0 Å². The maximum absolute atomic E-state index is 12.7. The summed E-state index contributed by atoms with van der Waals surface area (Å²) < 4.78 is 38.9. The average molecular weight is 309 g/mol. The molecule has 0 amide bonds. The highest BCUT2D eigenvalue weighted by Crippen LogP contribution is 2.19. The number of sulfonamides is 1. The highest BCUT2D eigenvalue weighted by molar-refractivity contribution is 9.11. The Kier molecular flexibility index (Phi) is 4.06. The van der Waals surface area contributed by atoms with E-state index in [9.17, 15) is 12.8 Å². The van der Waals surface area contributed by atoms with Crippen LogP contribution in [0.1, 0.15) is 0 Å². The van der Waals surface area contributed by atoms with Crippen molar-refractivity contribution in [3.8, 4) is 0 Å². The van der Waals surface area contributed by atoms with Crippen molar-refractivity contribution in [2.45, 2.75) is 4.90 Å². The van der Waals surface area contributed by atoms with Gasteiger partial charge in [-0.05, 0) is 18.2 Å². The van der Waals surface area contributed by atoms with Crippen LogP contribution in [0.3, 0.4) is 0 Å². The summed E-state index contributed by atoms with van der Waals surface area (Å²) >= 11 is 3.02. The van der Waals surface area contributed by atoms with E-state index in [0.717, 1.165) is 18.2 Å². The van der Waals surface area contributed by atoms with Gasteiger partial charge in [-0.1, -0.05) is 22.5 Å². The maximum Gasteiger partial charge on any atom is 0.242 e. The SMILES string of the molecule is C=C(Br)CNS(=O)(=O)c1ccc(F)cc1N. The summed E-state index contributed by atoms with van der Waals surface area (Å²) in [6.45, 7) is 3.53. The fourth-order valence-electron chi connectivity index (χ4n) is 1.02. The molecule has 1 aromatic rings. The highest BCUT2D eigenvalue weighted by atomic mass is 79.9. The number of nitrogen functional groups attached to an aromatic ring is 1. The predicted octanol–water partition coefficient (Wildman–Crippen LogP) is 1.59. The van der Waals surface area contributed by atoms with Gasteiger partial charge in [-0.3, -0.25) is 0 Å². The maximum atomic E-state index is 12.7. The van der Waals surface area contributed by atoms with Crippen molar-refractivity contribution < 1.29 is 12.8 Å². The molecule has 0 aromatic heterocycles. The first-order valence-electron chi connectivity index (χ1n) is 4.21. The first kappa shape index (κ1) is 13.1. The highest BCUT2D eigenvalue weighted by Gasteiger charge is 2.17. The van der Waals surface area contributed by atoms with Crippen LogP contribution in [0, 0.1) is 5.82 Å². The molecule has 0 aliphatic rings. The Hall–Kier alpha value is -0.920. The second kappa shape index (κ2) is 4.94. The van der Waals surface area contributed by atoms with Crippen molar-refractivity contribution in [2.24, 2.45) is 0 Å². The summed E-state index contributed by atoms with van der Waals surface area (Å²) in [6.07, 6.45) is 0. The van der Waals surface area contributed by atoms with Gasteiger partial charge < -0.3 is 5.73 Å². The van der Waals surface area contributed by atoms with E-state index in [0.29, 0.717) is 4.48 Å². The second-order valence-electron chi connectivity index (χ2n) is 3.02. The zero-order chi connectivity index (χ0) is 12.3. The lowest BCUT2D eigenvalue weighted by atomic mass is 10.3. The van der Waals surface area contributed by atoms with Gasteiger partial charge in [-0.15, -0.1) is 0 Å². The molecule has 0 saturated heterocycles. The zero-order valence-electron chi connectivity index (χ0n) is 8.20. The lowest BCUT2D eigenvalue weighted by molar-refractivity contribution is 0.585. The minimum Gasteiger partial charge on any atom is -0.398 e. The first-order valence-corrected chi connectivity index (χ1v) is 6.48. The van der Waals surface area contributed by atoms with E-state index in [1.807, 2.05) is 0 Å². The molecule has 7 heteroatoms. The molecule has 88 valence electrons. The summed E-state index contributed by atoms with van der Waals surface area (Å²) in [4.78, 5) is -0.150. The number of rotatable bonds is 4. The van der Waals surface area contributed by atoms with Crippen LogP contribution < -0.4 is 10.5 Å². The molecule has 0 saturated carbocycles.